The Balaban J connectivity index is 2.68. The highest BCUT2D eigenvalue weighted by molar-refractivity contribution is 5.04. The Morgan fingerprint density at radius 2 is 1.36 bits per heavy atom. The molecule has 0 aliphatic rings. The van der Waals surface area contributed by atoms with Crippen LogP contribution < -0.4 is 0 Å². The summed E-state index contributed by atoms with van der Waals surface area (Å²) in [5.74, 6) is 1.30. The van der Waals surface area contributed by atoms with Crippen molar-refractivity contribution in [2.75, 3.05) is 0 Å². The van der Waals surface area contributed by atoms with Gasteiger partial charge in [0.2, 0.25) is 0 Å². The lowest BCUT2D eigenvalue weighted by atomic mass is 10.1. The fraction of sp³-hybridized carbons (Fsp3) is 0.667. The van der Waals surface area contributed by atoms with Gasteiger partial charge in [-0.05, 0) is 24.7 Å². The smallest absolute Gasteiger partial charge is 0.0592 e. The van der Waals surface area contributed by atoms with E-state index in [-0.39, 0.29) is 0 Å². The topological polar surface area (TPSA) is 25.8 Å². The molecule has 1 aromatic rings. The Kier molecular flexibility index (Phi) is 4.05. The molecule has 0 aliphatic carbocycles. The molecule has 0 bridgehead atoms. The molecule has 0 aliphatic heterocycles. The summed E-state index contributed by atoms with van der Waals surface area (Å²) in [6.07, 6.45) is 5.81. The minimum atomic E-state index is 0.651. The third kappa shape index (κ3) is 3.86. The Labute approximate surface area is 86.8 Å². The van der Waals surface area contributed by atoms with E-state index in [1.54, 1.807) is 0 Å². The van der Waals surface area contributed by atoms with Gasteiger partial charge in [0.1, 0.15) is 0 Å². The molecule has 78 valence electrons. The molecule has 0 amide bonds. The third-order valence-corrected chi connectivity index (χ3v) is 1.97. The van der Waals surface area contributed by atoms with Gasteiger partial charge in [-0.1, -0.05) is 27.7 Å². The molecule has 1 rings (SSSR count). The maximum atomic E-state index is 4.59. The van der Waals surface area contributed by atoms with Gasteiger partial charge in [0.15, 0.2) is 0 Å². The minimum absolute atomic E-state index is 0.651. The van der Waals surface area contributed by atoms with Crippen molar-refractivity contribution in [3.63, 3.8) is 0 Å². The van der Waals surface area contributed by atoms with Crippen LogP contribution in [0.1, 0.15) is 39.1 Å². The normalized spacial score (nSPS) is 11.3. The average Bonchev–Trinajstić information content (AvgIpc) is 2.01. The Morgan fingerprint density at radius 3 is 1.71 bits per heavy atom. The van der Waals surface area contributed by atoms with Crippen molar-refractivity contribution >= 4 is 0 Å². The van der Waals surface area contributed by atoms with Gasteiger partial charge in [-0.2, -0.15) is 0 Å². The first-order valence-electron chi connectivity index (χ1n) is 5.37. The molecular weight excluding hydrogens is 172 g/mol. The van der Waals surface area contributed by atoms with Gasteiger partial charge in [-0.25, -0.2) is 0 Å². The van der Waals surface area contributed by atoms with E-state index in [1.807, 2.05) is 12.4 Å². The highest BCUT2D eigenvalue weighted by Gasteiger charge is 2.03. The van der Waals surface area contributed by atoms with Crippen LogP contribution in [0.3, 0.4) is 0 Å². The van der Waals surface area contributed by atoms with Gasteiger partial charge in [0.25, 0.3) is 0 Å². The summed E-state index contributed by atoms with van der Waals surface area (Å²) >= 11 is 0. The quantitative estimate of drug-likeness (QED) is 0.733. The lowest BCUT2D eigenvalue weighted by Crippen LogP contribution is -2.03. The first kappa shape index (κ1) is 11.2. The van der Waals surface area contributed by atoms with Crippen LogP contribution in [0, 0.1) is 11.8 Å². The molecular formula is C12H20N2. The summed E-state index contributed by atoms with van der Waals surface area (Å²) in [6.45, 7) is 8.82. The van der Waals surface area contributed by atoms with Crippen LogP contribution in [0.15, 0.2) is 12.4 Å². The minimum Gasteiger partial charge on any atom is -0.261 e. The number of nitrogens with zero attached hydrogens (tertiary/aromatic N) is 2. The van der Waals surface area contributed by atoms with Crippen molar-refractivity contribution < 1.29 is 0 Å². The van der Waals surface area contributed by atoms with E-state index in [1.165, 1.54) is 0 Å². The summed E-state index contributed by atoms with van der Waals surface area (Å²) in [7, 11) is 0. The second kappa shape index (κ2) is 5.08. The van der Waals surface area contributed by atoms with Crippen LogP contribution in [0.25, 0.3) is 0 Å². The molecule has 1 heterocycles. The van der Waals surface area contributed by atoms with E-state index in [0.717, 1.165) is 24.2 Å². The largest absolute Gasteiger partial charge is 0.261 e. The summed E-state index contributed by atoms with van der Waals surface area (Å²) in [5, 5.41) is 0. The first-order valence-corrected chi connectivity index (χ1v) is 5.37. The van der Waals surface area contributed by atoms with Crippen LogP contribution in [0.2, 0.25) is 0 Å². The van der Waals surface area contributed by atoms with Gasteiger partial charge in [-0.3, -0.25) is 9.97 Å². The average molecular weight is 192 g/mol. The fourth-order valence-electron chi connectivity index (χ4n) is 1.48. The van der Waals surface area contributed by atoms with E-state index < -0.39 is 0 Å². The molecule has 0 N–H and O–H groups in total. The highest BCUT2D eigenvalue weighted by atomic mass is 14.8. The van der Waals surface area contributed by atoms with Crippen LogP contribution in [0.4, 0.5) is 0 Å². The molecule has 2 heteroatoms. The Bertz CT molecular complexity index is 254. The zero-order valence-corrected chi connectivity index (χ0v) is 9.62. The second-order valence-corrected chi connectivity index (χ2v) is 4.70. The van der Waals surface area contributed by atoms with Crippen molar-refractivity contribution in [1.29, 1.82) is 0 Å². The van der Waals surface area contributed by atoms with Gasteiger partial charge in [0.05, 0.1) is 11.4 Å². The molecule has 0 aromatic carbocycles. The Morgan fingerprint density at radius 1 is 0.929 bits per heavy atom. The van der Waals surface area contributed by atoms with E-state index in [2.05, 4.69) is 37.7 Å². The lowest BCUT2D eigenvalue weighted by molar-refractivity contribution is 0.609. The van der Waals surface area contributed by atoms with E-state index >= 15 is 0 Å². The monoisotopic (exact) mass is 192 g/mol. The molecule has 0 radical (unpaired) electrons. The molecule has 0 saturated carbocycles. The summed E-state index contributed by atoms with van der Waals surface area (Å²) < 4.78 is 0. The SMILES string of the molecule is CC(C)Cc1cncc(CC(C)C)n1. The summed E-state index contributed by atoms with van der Waals surface area (Å²) in [6, 6.07) is 0. The maximum absolute atomic E-state index is 4.59. The lowest BCUT2D eigenvalue weighted by Gasteiger charge is -2.07. The second-order valence-electron chi connectivity index (χ2n) is 4.70. The van der Waals surface area contributed by atoms with Gasteiger partial charge >= 0.3 is 0 Å². The third-order valence-electron chi connectivity index (χ3n) is 1.97. The number of rotatable bonds is 4. The summed E-state index contributed by atoms with van der Waals surface area (Å²) in [5.41, 5.74) is 2.25. The predicted molar refractivity (Wildman–Crippen MR) is 59.1 cm³/mol. The van der Waals surface area contributed by atoms with Crippen molar-refractivity contribution in [2.24, 2.45) is 11.8 Å². The summed E-state index contributed by atoms with van der Waals surface area (Å²) in [4.78, 5) is 8.82. The van der Waals surface area contributed by atoms with Crippen molar-refractivity contribution in [3.05, 3.63) is 23.8 Å². The zero-order valence-electron chi connectivity index (χ0n) is 9.62. The molecule has 2 nitrogen and oxygen atoms in total. The zero-order chi connectivity index (χ0) is 10.6. The highest BCUT2D eigenvalue weighted by Crippen LogP contribution is 2.07. The van der Waals surface area contributed by atoms with Crippen molar-refractivity contribution in [3.8, 4) is 0 Å². The maximum Gasteiger partial charge on any atom is 0.0592 e. The molecule has 0 unspecified atom stereocenters. The molecule has 0 saturated heterocycles. The van der Waals surface area contributed by atoms with E-state index in [0.29, 0.717) is 11.8 Å². The van der Waals surface area contributed by atoms with Gasteiger partial charge in [-0.15, -0.1) is 0 Å². The number of hydrogen-bond acceptors (Lipinski definition) is 2. The number of aromatic nitrogens is 2. The predicted octanol–water partition coefficient (Wildman–Crippen LogP) is 2.87. The van der Waals surface area contributed by atoms with Crippen LogP contribution in [-0.4, -0.2) is 9.97 Å². The molecule has 0 atom stereocenters. The van der Waals surface area contributed by atoms with Gasteiger partial charge < -0.3 is 0 Å². The molecule has 0 fully saturated rings. The van der Waals surface area contributed by atoms with Crippen LogP contribution in [0.5, 0.6) is 0 Å². The van der Waals surface area contributed by atoms with Crippen LogP contribution >= 0.6 is 0 Å². The standard InChI is InChI=1S/C12H20N2/c1-9(2)5-11-7-13-8-12(14-11)6-10(3)4/h7-10H,5-6H2,1-4H3. The van der Waals surface area contributed by atoms with Gasteiger partial charge in [0, 0.05) is 12.4 Å². The van der Waals surface area contributed by atoms with Crippen molar-refractivity contribution in [1.82, 2.24) is 9.97 Å². The molecule has 1 aromatic heterocycles. The number of hydrogen-bond donors (Lipinski definition) is 0. The molecule has 0 spiro atoms. The van der Waals surface area contributed by atoms with Crippen molar-refractivity contribution in [2.45, 2.75) is 40.5 Å². The molecule has 14 heavy (non-hydrogen) atoms. The Hall–Kier alpha value is -0.920. The first-order chi connectivity index (χ1) is 6.58. The van der Waals surface area contributed by atoms with E-state index in [4.69, 9.17) is 0 Å². The van der Waals surface area contributed by atoms with Crippen LogP contribution in [-0.2, 0) is 12.8 Å². The van der Waals surface area contributed by atoms with E-state index in [9.17, 15) is 0 Å². The fourth-order valence-corrected chi connectivity index (χ4v) is 1.48.